The Hall–Kier alpha value is -3.52. The lowest BCUT2D eigenvalue weighted by Crippen LogP contribution is -2.24. The summed E-state index contributed by atoms with van der Waals surface area (Å²) in [6.45, 7) is 12.4. The minimum atomic E-state index is -0.121. The van der Waals surface area contributed by atoms with Gasteiger partial charge in [-0.15, -0.1) is 0 Å². The van der Waals surface area contributed by atoms with Gasteiger partial charge in [-0.2, -0.15) is 4.98 Å². The van der Waals surface area contributed by atoms with Crippen molar-refractivity contribution in [1.82, 2.24) is 29.6 Å². The molecule has 35 heavy (non-hydrogen) atoms. The maximum atomic E-state index is 13.3. The highest BCUT2D eigenvalue weighted by molar-refractivity contribution is 5.77. The van der Waals surface area contributed by atoms with Crippen LogP contribution < -0.4 is 16.2 Å². The normalized spacial score (nSPS) is 14.2. The molecule has 4 aromatic rings. The van der Waals surface area contributed by atoms with Crippen molar-refractivity contribution in [2.24, 2.45) is 0 Å². The van der Waals surface area contributed by atoms with E-state index in [4.69, 9.17) is 4.98 Å². The van der Waals surface area contributed by atoms with Crippen LogP contribution in [0.5, 0.6) is 0 Å². The molecule has 2 N–H and O–H groups in total. The van der Waals surface area contributed by atoms with Crippen LogP contribution in [0.15, 0.2) is 47.5 Å². The number of hydrogen-bond donors (Lipinski definition) is 2. The Balaban J connectivity index is 1.61. The van der Waals surface area contributed by atoms with Crippen LogP contribution in [0.3, 0.4) is 0 Å². The first-order valence-corrected chi connectivity index (χ1v) is 12.3. The molecule has 0 fully saturated rings. The van der Waals surface area contributed by atoms with Gasteiger partial charge in [-0.25, -0.2) is 14.3 Å². The summed E-state index contributed by atoms with van der Waals surface area (Å²) in [5.41, 5.74) is 5.83. The van der Waals surface area contributed by atoms with Gasteiger partial charge in [0.05, 0.1) is 5.69 Å². The van der Waals surface area contributed by atoms with Crippen LogP contribution in [0.25, 0.3) is 16.7 Å². The first-order chi connectivity index (χ1) is 16.7. The topological polar surface area (TPSA) is 89.7 Å². The zero-order chi connectivity index (χ0) is 24.7. The number of rotatable bonds is 4. The van der Waals surface area contributed by atoms with E-state index in [0.717, 1.165) is 43.0 Å². The molecule has 0 saturated carbocycles. The molecule has 0 radical (unpaired) electrons. The molecule has 0 aliphatic carbocycles. The van der Waals surface area contributed by atoms with Gasteiger partial charge in [-0.3, -0.25) is 9.78 Å². The van der Waals surface area contributed by atoms with E-state index in [1.165, 1.54) is 11.1 Å². The third kappa shape index (κ3) is 4.46. The highest BCUT2D eigenvalue weighted by atomic mass is 16.1. The van der Waals surface area contributed by atoms with E-state index in [1.807, 2.05) is 30.7 Å². The van der Waals surface area contributed by atoms with Crippen LogP contribution >= 0.6 is 0 Å². The molecule has 0 saturated heterocycles. The average Bonchev–Trinajstić information content (AvgIpc) is 2.95. The van der Waals surface area contributed by atoms with Crippen LogP contribution in [0, 0.1) is 0 Å². The third-order valence-electron chi connectivity index (χ3n) is 6.47. The highest BCUT2D eigenvalue weighted by Crippen LogP contribution is 2.26. The van der Waals surface area contributed by atoms with Gasteiger partial charge >= 0.3 is 0 Å². The summed E-state index contributed by atoms with van der Waals surface area (Å²) in [5.74, 6) is 0.462. The third-order valence-corrected chi connectivity index (χ3v) is 6.47. The number of anilines is 2. The fraction of sp³-hybridized carbons (Fsp3) is 0.407. The largest absolute Gasteiger partial charge is 0.324 e. The quantitative estimate of drug-likeness (QED) is 0.462. The van der Waals surface area contributed by atoms with E-state index in [-0.39, 0.29) is 17.0 Å². The van der Waals surface area contributed by atoms with Gasteiger partial charge in [0.1, 0.15) is 5.39 Å². The summed E-state index contributed by atoms with van der Waals surface area (Å²) in [6.07, 6.45) is 5.46. The zero-order valence-corrected chi connectivity index (χ0v) is 21.1. The highest BCUT2D eigenvalue weighted by Gasteiger charge is 2.22. The van der Waals surface area contributed by atoms with E-state index in [0.29, 0.717) is 17.0 Å². The minimum Gasteiger partial charge on any atom is -0.324 e. The van der Waals surface area contributed by atoms with Gasteiger partial charge in [-0.1, -0.05) is 26.8 Å². The van der Waals surface area contributed by atoms with Gasteiger partial charge in [-0.05, 0) is 75.2 Å². The summed E-state index contributed by atoms with van der Waals surface area (Å²) >= 11 is 0. The van der Waals surface area contributed by atoms with Crippen LogP contribution in [-0.4, -0.2) is 37.4 Å². The monoisotopic (exact) mass is 471 g/mol. The van der Waals surface area contributed by atoms with Crippen molar-refractivity contribution in [3.63, 3.8) is 0 Å². The summed E-state index contributed by atoms with van der Waals surface area (Å²) in [6, 6.07) is 10.3. The maximum absolute atomic E-state index is 13.3. The minimum absolute atomic E-state index is 0.0578. The molecule has 0 unspecified atom stereocenters. The molecular weight excluding hydrogens is 438 g/mol. The van der Waals surface area contributed by atoms with Gasteiger partial charge < -0.3 is 10.6 Å². The molecule has 5 rings (SSSR count). The molecule has 0 spiro atoms. The van der Waals surface area contributed by atoms with Crippen molar-refractivity contribution in [2.75, 3.05) is 18.4 Å². The first-order valence-electron chi connectivity index (χ1n) is 12.3. The Morgan fingerprint density at radius 2 is 1.80 bits per heavy atom. The van der Waals surface area contributed by atoms with E-state index in [9.17, 15) is 4.79 Å². The molecule has 1 aliphatic heterocycles. The van der Waals surface area contributed by atoms with Crippen LogP contribution in [-0.2, 0) is 18.3 Å². The summed E-state index contributed by atoms with van der Waals surface area (Å²) in [7, 11) is 0. The number of fused-ring (bicyclic) bond motifs is 2. The smallest absolute Gasteiger partial charge is 0.278 e. The van der Waals surface area contributed by atoms with Gasteiger partial charge in [0, 0.05) is 35.2 Å². The van der Waals surface area contributed by atoms with Crippen LogP contribution in [0.2, 0.25) is 0 Å². The second-order valence-corrected chi connectivity index (χ2v) is 10.5. The predicted octanol–water partition coefficient (Wildman–Crippen LogP) is 4.29. The number of benzene rings is 1. The second-order valence-electron chi connectivity index (χ2n) is 10.5. The number of nitrogens with one attached hydrogen (secondary N) is 2. The molecule has 3 aromatic heterocycles. The molecule has 8 heteroatoms. The maximum Gasteiger partial charge on any atom is 0.278 e. The Bertz CT molecular complexity index is 1440. The molecule has 0 amide bonds. The number of nitrogens with zero attached hydrogens (tertiary/aromatic N) is 5. The number of hydrogen-bond acceptors (Lipinski definition) is 6. The van der Waals surface area contributed by atoms with Crippen molar-refractivity contribution in [3.8, 4) is 5.69 Å². The average molecular weight is 472 g/mol. The Morgan fingerprint density at radius 3 is 2.54 bits per heavy atom. The van der Waals surface area contributed by atoms with Crippen molar-refractivity contribution in [1.29, 1.82) is 0 Å². The summed E-state index contributed by atoms with van der Waals surface area (Å²) < 4.78 is 3.63. The van der Waals surface area contributed by atoms with Crippen molar-refractivity contribution in [3.05, 3.63) is 69.9 Å². The SMILES string of the molecule is CC(C)n1c(=O)c2cnc(Nc3ccc4c(c3)CCNCC4)nc2n1-c1ccnc(C(C)(C)C)c1. The fourth-order valence-electron chi connectivity index (χ4n) is 4.62. The van der Waals surface area contributed by atoms with Crippen molar-refractivity contribution >= 4 is 22.7 Å². The predicted molar refractivity (Wildman–Crippen MR) is 140 cm³/mol. The van der Waals surface area contributed by atoms with Gasteiger partial charge in [0.25, 0.3) is 5.56 Å². The summed E-state index contributed by atoms with van der Waals surface area (Å²) in [4.78, 5) is 27.2. The van der Waals surface area contributed by atoms with E-state index >= 15 is 0 Å². The zero-order valence-electron chi connectivity index (χ0n) is 21.1. The molecule has 8 nitrogen and oxygen atoms in total. The lowest BCUT2D eigenvalue weighted by atomic mass is 9.91. The van der Waals surface area contributed by atoms with E-state index in [1.54, 1.807) is 17.1 Å². The molecule has 4 heterocycles. The molecule has 182 valence electrons. The fourth-order valence-corrected chi connectivity index (χ4v) is 4.62. The van der Waals surface area contributed by atoms with Crippen LogP contribution in [0.1, 0.15) is 57.5 Å². The van der Waals surface area contributed by atoms with Gasteiger partial charge in [0.2, 0.25) is 5.95 Å². The molecule has 1 aromatic carbocycles. The van der Waals surface area contributed by atoms with Crippen LogP contribution in [0.4, 0.5) is 11.6 Å². The van der Waals surface area contributed by atoms with Gasteiger partial charge in [0.15, 0.2) is 5.65 Å². The van der Waals surface area contributed by atoms with Crippen molar-refractivity contribution < 1.29 is 0 Å². The second kappa shape index (κ2) is 8.92. The standard InChI is InChI=1S/C27H33N7O/c1-17(2)33-25(35)22-16-30-26(31-20-7-6-18-8-11-28-12-9-19(18)14-20)32-24(22)34(33)21-10-13-29-23(15-21)27(3,4)5/h6-7,10,13-17,28H,8-9,11-12H2,1-5H3,(H,30,31,32). The Labute approximate surface area is 205 Å². The number of aromatic nitrogens is 5. The number of pyridine rings is 1. The van der Waals surface area contributed by atoms with E-state index < -0.39 is 0 Å². The first kappa shape index (κ1) is 23.2. The Morgan fingerprint density at radius 1 is 1.03 bits per heavy atom. The molecule has 0 bridgehead atoms. The lowest BCUT2D eigenvalue weighted by Gasteiger charge is -2.20. The molecule has 1 aliphatic rings. The molecule has 0 atom stereocenters. The van der Waals surface area contributed by atoms with E-state index in [2.05, 4.69) is 59.6 Å². The Kier molecular flexibility index (Phi) is 5.92. The lowest BCUT2D eigenvalue weighted by molar-refractivity contribution is 0.474. The van der Waals surface area contributed by atoms with Crippen molar-refractivity contribution in [2.45, 2.75) is 58.9 Å². The summed E-state index contributed by atoms with van der Waals surface area (Å²) in [5, 5.41) is 7.30. The molecular formula is C27H33N7O.